The molecule has 2 aromatic carbocycles. The van der Waals surface area contributed by atoms with Gasteiger partial charge in [-0.15, -0.1) is 0 Å². The highest BCUT2D eigenvalue weighted by atomic mass is 17.2. The molecule has 0 saturated heterocycles. The minimum Gasteiger partial charge on any atom is -0.239 e. The SMILES string of the molecule is COOC(C)c1ccc(C=Cc2ccc(C)cc2)cc1. The van der Waals surface area contributed by atoms with Crippen LogP contribution in [0.3, 0.4) is 0 Å². The average Bonchev–Trinajstić information content (AvgIpc) is 2.47. The maximum Gasteiger partial charge on any atom is 0.115 e. The third kappa shape index (κ3) is 4.05. The summed E-state index contributed by atoms with van der Waals surface area (Å²) in [6, 6.07) is 16.7. The van der Waals surface area contributed by atoms with Crippen molar-refractivity contribution in [2.24, 2.45) is 0 Å². The molecule has 0 N–H and O–H groups in total. The molecule has 1 atom stereocenters. The summed E-state index contributed by atoms with van der Waals surface area (Å²) in [5, 5.41) is 0. The van der Waals surface area contributed by atoms with Crippen LogP contribution in [0.1, 0.15) is 35.3 Å². The van der Waals surface area contributed by atoms with Gasteiger partial charge < -0.3 is 0 Å². The molecule has 1 unspecified atom stereocenters. The van der Waals surface area contributed by atoms with Crippen molar-refractivity contribution in [1.82, 2.24) is 0 Å². The Kier molecular flexibility index (Phi) is 5.10. The average molecular weight is 268 g/mol. The summed E-state index contributed by atoms with van der Waals surface area (Å²) in [5.74, 6) is 0. The second-order valence-corrected chi connectivity index (χ2v) is 4.82. The lowest BCUT2D eigenvalue weighted by Gasteiger charge is -2.10. The first-order valence-corrected chi connectivity index (χ1v) is 6.73. The lowest BCUT2D eigenvalue weighted by molar-refractivity contribution is -0.303. The standard InChI is InChI=1S/C18H20O2/c1-14-4-6-16(7-5-14)8-9-17-10-12-18(13-11-17)15(2)20-19-3/h4-13,15H,1-3H3. The molecule has 0 spiro atoms. The van der Waals surface area contributed by atoms with E-state index in [4.69, 9.17) is 4.89 Å². The highest BCUT2D eigenvalue weighted by Gasteiger charge is 2.04. The third-order valence-corrected chi connectivity index (χ3v) is 3.19. The zero-order valence-corrected chi connectivity index (χ0v) is 12.2. The summed E-state index contributed by atoms with van der Waals surface area (Å²) in [5.41, 5.74) is 4.74. The predicted octanol–water partition coefficient (Wildman–Crippen LogP) is 4.80. The van der Waals surface area contributed by atoms with E-state index >= 15 is 0 Å². The van der Waals surface area contributed by atoms with Crippen LogP contribution in [0.25, 0.3) is 12.2 Å². The summed E-state index contributed by atoms with van der Waals surface area (Å²) in [6.45, 7) is 4.05. The number of rotatable bonds is 5. The first-order valence-electron chi connectivity index (χ1n) is 6.73. The topological polar surface area (TPSA) is 18.5 Å². The fourth-order valence-corrected chi connectivity index (χ4v) is 1.95. The van der Waals surface area contributed by atoms with Crippen molar-refractivity contribution in [2.75, 3.05) is 7.11 Å². The molecule has 0 aliphatic rings. The van der Waals surface area contributed by atoms with Gasteiger partial charge in [-0.05, 0) is 30.5 Å². The van der Waals surface area contributed by atoms with E-state index in [2.05, 4.69) is 72.5 Å². The highest BCUT2D eigenvalue weighted by molar-refractivity contribution is 5.69. The molecule has 0 heterocycles. The first kappa shape index (κ1) is 14.5. The third-order valence-electron chi connectivity index (χ3n) is 3.19. The van der Waals surface area contributed by atoms with Gasteiger partial charge >= 0.3 is 0 Å². The van der Waals surface area contributed by atoms with Crippen LogP contribution < -0.4 is 0 Å². The zero-order valence-electron chi connectivity index (χ0n) is 12.2. The Morgan fingerprint density at radius 2 is 1.35 bits per heavy atom. The smallest absolute Gasteiger partial charge is 0.115 e. The molecule has 2 rings (SSSR count). The van der Waals surface area contributed by atoms with Crippen LogP contribution in [0.15, 0.2) is 48.5 Å². The lowest BCUT2D eigenvalue weighted by atomic mass is 10.1. The van der Waals surface area contributed by atoms with Gasteiger partial charge in [0.2, 0.25) is 0 Å². The van der Waals surface area contributed by atoms with Crippen LogP contribution in [0.5, 0.6) is 0 Å². The number of benzene rings is 2. The van der Waals surface area contributed by atoms with Crippen molar-refractivity contribution in [2.45, 2.75) is 20.0 Å². The highest BCUT2D eigenvalue weighted by Crippen LogP contribution is 2.18. The molecule has 0 bridgehead atoms. The van der Waals surface area contributed by atoms with Crippen molar-refractivity contribution in [3.63, 3.8) is 0 Å². The minimum absolute atomic E-state index is 0.0601. The van der Waals surface area contributed by atoms with Gasteiger partial charge in [-0.1, -0.05) is 66.2 Å². The van der Waals surface area contributed by atoms with Gasteiger partial charge in [0.15, 0.2) is 0 Å². The maximum atomic E-state index is 5.09. The normalized spacial score (nSPS) is 12.8. The van der Waals surface area contributed by atoms with E-state index in [1.165, 1.54) is 23.8 Å². The summed E-state index contributed by atoms with van der Waals surface area (Å²) in [6.07, 6.45) is 4.16. The zero-order chi connectivity index (χ0) is 14.4. The largest absolute Gasteiger partial charge is 0.239 e. The van der Waals surface area contributed by atoms with Gasteiger partial charge in [-0.25, -0.2) is 9.78 Å². The van der Waals surface area contributed by atoms with Crippen molar-refractivity contribution < 1.29 is 9.78 Å². The second-order valence-electron chi connectivity index (χ2n) is 4.82. The molecular weight excluding hydrogens is 248 g/mol. The van der Waals surface area contributed by atoms with E-state index in [1.807, 2.05) is 6.92 Å². The lowest BCUT2D eigenvalue weighted by Crippen LogP contribution is -1.98. The van der Waals surface area contributed by atoms with Crippen LogP contribution in [0, 0.1) is 6.92 Å². The van der Waals surface area contributed by atoms with E-state index < -0.39 is 0 Å². The van der Waals surface area contributed by atoms with Crippen LogP contribution in [0.2, 0.25) is 0 Å². The van der Waals surface area contributed by atoms with E-state index in [-0.39, 0.29) is 6.10 Å². The van der Waals surface area contributed by atoms with E-state index in [9.17, 15) is 0 Å². The van der Waals surface area contributed by atoms with Crippen molar-refractivity contribution in [3.05, 3.63) is 70.8 Å². The maximum absolute atomic E-state index is 5.09. The van der Waals surface area contributed by atoms with Gasteiger partial charge in [0.05, 0.1) is 7.11 Å². The molecule has 2 aromatic rings. The van der Waals surface area contributed by atoms with Gasteiger partial charge in [-0.2, -0.15) is 0 Å². The molecular formula is C18H20O2. The summed E-state index contributed by atoms with van der Waals surface area (Å²) in [4.78, 5) is 9.78. The Morgan fingerprint density at radius 3 is 1.85 bits per heavy atom. The van der Waals surface area contributed by atoms with E-state index in [0.717, 1.165) is 5.56 Å². The Balaban J connectivity index is 2.05. The molecule has 0 radical (unpaired) electrons. The first-order chi connectivity index (χ1) is 9.69. The minimum atomic E-state index is -0.0601. The fourth-order valence-electron chi connectivity index (χ4n) is 1.95. The van der Waals surface area contributed by atoms with Crippen molar-refractivity contribution in [3.8, 4) is 0 Å². The predicted molar refractivity (Wildman–Crippen MR) is 83.1 cm³/mol. The van der Waals surface area contributed by atoms with Crippen LogP contribution in [-0.4, -0.2) is 7.11 Å². The summed E-state index contributed by atoms with van der Waals surface area (Å²) in [7, 11) is 1.52. The van der Waals surface area contributed by atoms with Gasteiger partial charge in [-0.3, -0.25) is 0 Å². The molecule has 2 heteroatoms. The van der Waals surface area contributed by atoms with Crippen LogP contribution >= 0.6 is 0 Å². The van der Waals surface area contributed by atoms with E-state index in [1.54, 1.807) is 0 Å². The fraction of sp³-hybridized carbons (Fsp3) is 0.222. The monoisotopic (exact) mass is 268 g/mol. The molecule has 0 amide bonds. The summed E-state index contributed by atoms with van der Waals surface area (Å²) < 4.78 is 0. The van der Waals surface area contributed by atoms with Gasteiger partial charge in [0, 0.05) is 0 Å². The van der Waals surface area contributed by atoms with Crippen molar-refractivity contribution in [1.29, 1.82) is 0 Å². The molecule has 0 aromatic heterocycles. The van der Waals surface area contributed by atoms with Crippen LogP contribution in [-0.2, 0) is 9.78 Å². The Hall–Kier alpha value is -1.90. The molecule has 0 fully saturated rings. The number of hydrogen-bond acceptors (Lipinski definition) is 2. The Labute approximate surface area is 120 Å². The number of hydrogen-bond donors (Lipinski definition) is 0. The quantitative estimate of drug-likeness (QED) is 0.440. The van der Waals surface area contributed by atoms with Gasteiger partial charge in [0.1, 0.15) is 6.10 Å². The van der Waals surface area contributed by atoms with Crippen LogP contribution in [0.4, 0.5) is 0 Å². The molecule has 104 valence electrons. The number of aryl methyl sites for hydroxylation is 1. The second kappa shape index (κ2) is 7.04. The van der Waals surface area contributed by atoms with Crippen molar-refractivity contribution >= 4 is 12.2 Å². The molecule has 2 nitrogen and oxygen atoms in total. The molecule has 0 saturated carbocycles. The molecule has 20 heavy (non-hydrogen) atoms. The summed E-state index contributed by atoms with van der Waals surface area (Å²) >= 11 is 0. The Bertz CT molecular complexity index is 553. The molecule has 0 aliphatic heterocycles. The van der Waals surface area contributed by atoms with E-state index in [0.29, 0.717) is 0 Å². The van der Waals surface area contributed by atoms with Gasteiger partial charge in [0.25, 0.3) is 0 Å². The Morgan fingerprint density at radius 1 is 0.850 bits per heavy atom. The molecule has 0 aliphatic carbocycles.